The summed E-state index contributed by atoms with van der Waals surface area (Å²) in [6.07, 6.45) is 0.752. The molecule has 1 N–H and O–H groups in total. The lowest BCUT2D eigenvalue weighted by Gasteiger charge is -2.03. The van der Waals surface area contributed by atoms with Gasteiger partial charge in [-0.3, -0.25) is 14.9 Å². The highest BCUT2D eigenvalue weighted by atomic mass is 35.5. The fourth-order valence-corrected chi connectivity index (χ4v) is 2.53. The fraction of sp³-hybridized carbons (Fsp3) is 0.167. The molecule has 0 aliphatic carbocycles. The molecule has 0 bridgehead atoms. The SMILES string of the molecule is CS(=O)(=O)c1[nH]c(=O)c(Cl)c([N+](=O)[O-])c1Cl. The van der Waals surface area contributed by atoms with Crippen LogP contribution in [0.1, 0.15) is 0 Å². The first-order valence-electron chi connectivity index (χ1n) is 3.62. The molecule has 1 rings (SSSR count). The first-order valence-corrected chi connectivity index (χ1v) is 6.26. The van der Waals surface area contributed by atoms with E-state index in [2.05, 4.69) is 0 Å². The molecule has 10 heteroatoms. The van der Waals surface area contributed by atoms with E-state index < -0.39 is 41.1 Å². The predicted octanol–water partition coefficient (Wildman–Crippen LogP) is 0.993. The quantitative estimate of drug-likeness (QED) is 0.644. The standard InChI is InChI=1S/C6H4Cl2N2O5S/c1-16(14,15)6-3(8)4(10(12)13)2(7)5(11)9-6/h1H3,(H,9,11). The topological polar surface area (TPSA) is 110 Å². The maximum absolute atomic E-state index is 11.2. The average molecular weight is 287 g/mol. The minimum absolute atomic E-state index is 0.711. The molecule has 0 saturated heterocycles. The molecule has 16 heavy (non-hydrogen) atoms. The van der Waals surface area contributed by atoms with E-state index in [9.17, 15) is 23.3 Å². The number of aromatic amines is 1. The number of hydrogen-bond donors (Lipinski definition) is 1. The number of halogens is 2. The van der Waals surface area contributed by atoms with Crippen molar-refractivity contribution in [2.24, 2.45) is 0 Å². The Morgan fingerprint density at radius 3 is 2.19 bits per heavy atom. The van der Waals surface area contributed by atoms with Gasteiger partial charge in [-0.15, -0.1) is 0 Å². The smallest absolute Gasteiger partial charge is 0.310 e. The van der Waals surface area contributed by atoms with Gasteiger partial charge in [0, 0.05) is 6.26 Å². The molecule has 0 amide bonds. The molecule has 0 fully saturated rings. The van der Waals surface area contributed by atoms with Crippen LogP contribution >= 0.6 is 23.2 Å². The second-order valence-corrected chi connectivity index (χ2v) is 5.50. The van der Waals surface area contributed by atoms with Crippen molar-refractivity contribution in [2.45, 2.75) is 5.03 Å². The second-order valence-electron chi connectivity index (χ2n) is 2.79. The third kappa shape index (κ3) is 2.18. The number of nitrogens with zero attached hydrogens (tertiary/aromatic N) is 1. The number of nitrogens with one attached hydrogen (secondary N) is 1. The van der Waals surface area contributed by atoms with Crippen molar-refractivity contribution in [3.63, 3.8) is 0 Å². The van der Waals surface area contributed by atoms with Crippen molar-refractivity contribution in [1.82, 2.24) is 4.98 Å². The van der Waals surface area contributed by atoms with E-state index in [0.717, 1.165) is 6.26 Å². The summed E-state index contributed by atoms with van der Waals surface area (Å²) in [5.74, 6) is 0. The van der Waals surface area contributed by atoms with Gasteiger partial charge in [0.25, 0.3) is 5.56 Å². The van der Waals surface area contributed by atoms with Gasteiger partial charge in [-0.1, -0.05) is 23.2 Å². The Kier molecular flexibility index (Phi) is 3.27. The molecule has 1 aromatic heterocycles. The molecule has 0 radical (unpaired) electrons. The Morgan fingerprint density at radius 1 is 1.31 bits per heavy atom. The van der Waals surface area contributed by atoms with Crippen molar-refractivity contribution in [3.8, 4) is 0 Å². The number of pyridine rings is 1. The van der Waals surface area contributed by atoms with Crippen molar-refractivity contribution < 1.29 is 13.3 Å². The van der Waals surface area contributed by atoms with Crippen molar-refractivity contribution in [3.05, 3.63) is 30.5 Å². The highest BCUT2D eigenvalue weighted by molar-refractivity contribution is 7.90. The Morgan fingerprint density at radius 2 is 1.81 bits per heavy atom. The third-order valence-electron chi connectivity index (χ3n) is 1.59. The summed E-state index contributed by atoms with van der Waals surface area (Å²) in [6.45, 7) is 0. The molecule has 1 heterocycles. The van der Waals surface area contributed by atoms with Gasteiger partial charge in [-0.25, -0.2) is 8.42 Å². The summed E-state index contributed by atoms with van der Waals surface area (Å²) < 4.78 is 22.3. The Bertz CT molecular complexity index is 621. The van der Waals surface area contributed by atoms with Crippen LogP contribution in [0.25, 0.3) is 0 Å². The molecule has 0 aliphatic rings. The average Bonchev–Trinajstić information content (AvgIpc) is 2.09. The van der Waals surface area contributed by atoms with E-state index in [1.165, 1.54) is 0 Å². The molecule has 1 aromatic rings. The highest BCUT2D eigenvalue weighted by Gasteiger charge is 2.28. The molecule has 0 aromatic carbocycles. The normalized spacial score (nSPS) is 11.4. The van der Waals surface area contributed by atoms with Crippen molar-refractivity contribution in [2.75, 3.05) is 6.26 Å². The Hall–Kier alpha value is -1.12. The largest absolute Gasteiger partial charge is 0.314 e. The van der Waals surface area contributed by atoms with E-state index in [1.807, 2.05) is 4.98 Å². The minimum atomic E-state index is -3.88. The van der Waals surface area contributed by atoms with Gasteiger partial charge in [0.05, 0.1) is 4.92 Å². The minimum Gasteiger partial charge on any atom is -0.310 e. The first kappa shape index (κ1) is 12.9. The monoisotopic (exact) mass is 286 g/mol. The second kappa shape index (κ2) is 4.04. The number of sulfone groups is 1. The lowest BCUT2D eigenvalue weighted by Crippen LogP contribution is -2.15. The van der Waals surface area contributed by atoms with Gasteiger partial charge >= 0.3 is 5.69 Å². The maximum atomic E-state index is 11.2. The third-order valence-corrected chi connectivity index (χ3v) is 3.47. The van der Waals surface area contributed by atoms with Gasteiger partial charge in [0.2, 0.25) is 0 Å². The van der Waals surface area contributed by atoms with E-state index in [0.29, 0.717) is 0 Å². The number of aromatic nitrogens is 1. The van der Waals surface area contributed by atoms with Crippen LogP contribution in [0.2, 0.25) is 10.0 Å². The van der Waals surface area contributed by atoms with E-state index in [1.54, 1.807) is 0 Å². The van der Waals surface area contributed by atoms with Gasteiger partial charge < -0.3 is 4.98 Å². The van der Waals surface area contributed by atoms with E-state index in [-0.39, 0.29) is 0 Å². The lowest BCUT2D eigenvalue weighted by atomic mass is 10.4. The molecule has 0 atom stereocenters. The van der Waals surface area contributed by atoms with Crippen LogP contribution in [0, 0.1) is 10.1 Å². The van der Waals surface area contributed by atoms with E-state index in [4.69, 9.17) is 23.2 Å². The summed E-state index contributed by atoms with van der Waals surface area (Å²) in [6, 6.07) is 0. The molecular formula is C6H4Cl2N2O5S. The zero-order valence-corrected chi connectivity index (χ0v) is 9.98. The molecule has 0 unspecified atom stereocenters. The Labute approximate surface area is 99.1 Å². The Balaban J connectivity index is 3.86. The van der Waals surface area contributed by atoms with Gasteiger partial charge in [0.1, 0.15) is 0 Å². The number of rotatable bonds is 2. The number of nitro groups is 1. The van der Waals surface area contributed by atoms with Crippen LogP contribution < -0.4 is 5.56 Å². The molecule has 7 nitrogen and oxygen atoms in total. The highest BCUT2D eigenvalue weighted by Crippen LogP contribution is 2.33. The number of H-pyrrole nitrogens is 1. The molecule has 0 saturated carbocycles. The number of hydrogen-bond acceptors (Lipinski definition) is 5. The first-order chi connectivity index (χ1) is 7.16. The zero-order valence-electron chi connectivity index (χ0n) is 7.65. The molecular weight excluding hydrogens is 283 g/mol. The van der Waals surface area contributed by atoms with Crippen molar-refractivity contribution >= 4 is 38.7 Å². The molecule has 0 spiro atoms. The van der Waals surface area contributed by atoms with E-state index >= 15 is 0 Å². The molecule has 0 aliphatic heterocycles. The zero-order chi connectivity index (χ0) is 12.7. The summed E-state index contributed by atoms with van der Waals surface area (Å²) in [5.41, 5.74) is -2.01. The molecule has 88 valence electrons. The van der Waals surface area contributed by atoms with Gasteiger partial charge in [-0.2, -0.15) is 0 Å². The van der Waals surface area contributed by atoms with Crippen LogP contribution in [0.15, 0.2) is 9.82 Å². The maximum Gasteiger partial charge on any atom is 0.314 e. The van der Waals surface area contributed by atoms with Gasteiger partial charge in [-0.05, 0) is 0 Å². The van der Waals surface area contributed by atoms with Crippen LogP contribution in [-0.2, 0) is 9.84 Å². The van der Waals surface area contributed by atoms with Crippen LogP contribution in [0.3, 0.4) is 0 Å². The predicted molar refractivity (Wildman–Crippen MR) is 56.8 cm³/mol. The van der Waals surface area contributed by atoms with Crippen LogP contribution in [0.5, 0.6) is 0 Å². The summed E-state index contributed by atoms with van der Waals surface area (Å²) in [7, 11) is -3.88. The van der Waals surface area contributed by atoms with Gasteiger partial charge in [0.15, 0.2) is 24.9 Å². The van der Waals surface area contributed by atoms with Crippen LogP contribution in [-0.4, -0.2) is 24.6 Å². The van der Waals surface area contributed by atoms with Crippen molar-refractivity contribution in [1.29, 1.82) is 0 Å². The summed E-state index contributed by atoms with van der Waals surface area (Å²) >= 11 is 10.8. The van der Waals surface area contributed by atoms with Crippen LogP contribution in [0.4, 0.5) is 5.69 Å². The lowest BCUT2D eigenvalue weighted by molar-refractivity contribution is -0.384. The summed E-state index contributed by atoms with van der Waals surface area (Å²) in [4.78, 5) is 22.6. The fourth-order valence-electron chi connectivity index (χ4n) is 0.940. The summed E-state index contributed by atoms with van der Waals surface area (Å²) in [5, 5.41) is 8.36.